The maximum absolute atomic E-state index is 13.3. The van der Waals surface area contributed by atoms with E-state index in [1.807, 2.05) is 0 Å². The Balaban J connectivity index is 1.98. The van der Waals surface area contributed by atoms with Crippen LogP contribution in [0.2, 0.25) is 5.02 Å². The van der Waals surface area contributed by atoms with Crippen molar-refractivity contribution in [2.24, 2.45) is 0 Å². The number of aliphatic hydroxyl groups is 1. The van der Waals surface area contributed by atoms with Crippen molar-refractivity contribution in [2.75, 3.05) is 26.2 Å². The van der Waals surface area contributed by atoms with E-state index in [1.165, 1.54) is 18.6 Å². The minimum Gasteiger partial charge on any atom is -0.395 e. The van der Waals surface area contributed by atoms with Gasteiger partial charge in [-0.1, -0.05) is 11.6 Å². The average molecular weight is 287 g/mol. The second-order valence-corrected chi connectivity index (χ2v) is 5.47. The van der Waals surface area contributed by atoms with Crippen LogP contribution in [0.15, 0.2) is 18.2 Å². The molecule has 0 radical (unpaired) electrons. The van der Waals surface area contributed by atoms with Crippen LogP contribution < -0.4 is 5.32 Å². The molecule has 106 valence electrons. The van der Waals surface area contributed by atoms with Crippen molar-refractivity contribution in [3.8, 4) is 0 Å². The Bertz CT molecular complexity index is 390. The largest absolute Gasteiger partial charge is 0.395 e. The van der Waals surface area contributed by atoms with Gasteiger partial charge in [0, 0.05) is 30.7 Å². The van der Waals surface area contributed by atoms with Crippen molar-refractivity contribution >= 4 is 11.6 Å². The van der Waals surface area contributed by atoms with E-state index in [4.69, 9.17) is 16.7 Å². The molecule has 1 aromatic carbocycles. The van der Waals surface area contributed by atoms with Gasteiger partial charge in [-0.2, -0.15) is 0 Å². The molecule has 2 N–H and O–H groups in total. The molecule has 1 unspecified atom stereocenters. The van der Waals surface area contributed by atoms with Crippen LogP contribution in [0, 0.1) is 5.82 Å². The Morgan fingerprint density at radius 2 is 2.26 bits per heavy atom. The molecule has 2 rings (SSSR count). The van der Waals surface area contributed by atoms with Crippen LogP contribution in [0.25, 0.3) is 0 Å². The average Bonchev–Trinajstić information content (AvgIpc) is 2.80. The normalized spacial score (nSPS) is 19.3. The lowest BCUT2D eigenvalue weighted by atomic mass is 10.1. The monoisotopic (exact) mass is 286 g/mol. The third-order valence-electron chi connectivity index (χ3n) is 3.39. The summed E-state index contributed by atoms with van der Waals surface area (Å²) in [6.07, 6.45) is 2.36. The highest BCUT2D eigenvalue weighted by Gasteiger charge is 2.18. The first-order chi connectivity index (χ1) is 9.17. The Morgan fingerprint density at radius 3 is 2.89 bits per heavy atom. The summed E-state index contributed by atoms with van der Waals surface area (Å²) in [5.74, 6) is -0.314. The van der Waals surface area contributed by atoms with Gasteiger partial charge in [0.25, 0.3) is 0 Å². The molecule has 1 aromatic rings. The fourth-order valence-corrected chi connectivity index (χ4v) is 2.81. The van der Waals surface area contributed by atoms with Crippen LogP contribution in [0.1, 0.15) is 18.4 Å². The molecule has 0 spiro atoms. The van der Waals surface area contributed by atoms with E-state index in [-0.39, 0.29) is 12.4 Å². The van der Waals surface area contributed by atoms with E-state index in [0.717, 1.165) is 25.1 Å². The molecule has 5 heteroatoms. The molecule has 3 nitrogen and oxygen atoms in total. The highest BCUT2D eigenvalue weighted by Crippen LogP contribution is 2.16. The maximum atomic E-state index is 13.3. The third-order valence-corrected chi connectivity index (χ3v) is 3.60. The van der Waals surface area contributed by atoms with Crippen LogP contribution in [-0.2, 0) is 6.54 Å². The van der Waals surface area contributed by atoms with Gasteiger partial charge in [0.15, 0.2) is 0 Å². The molecule has 19 heavy (non-hydrogen) atoms. The van der Waals surface area contributed by atoms with Gasteiger partial charge < -0.3 is 10.4 Å². The van der Waals surface area contributed by atoms with Crippen LogP contribution in [0.3, 0.4) is 0 Å². The quantitative estimate of drug-likeness (QED) is 0.840. The predicted molar refractivity (Wildman–Crippen MR) is 74.8 cm³/mol. The van der Waals surface area contributed by atoms with Crippen molar-refractivity contribution in [2.45, 2.75) is 25.4 Å². The molecule has 0 amide bonds. The summed E-state index contributed by atoms with van der Waals surface area (Å²) in [5.41, 5.74) is 0.844. The Kier molecular flexibility index (Phi) is 5.58. The van der Waals surface area contributed by atoms with Crippen LogP contribution in [0.4, 0.5) is 4.39 Å². The number of benzene rings is 1. The van der Waals surface area contributed by atoms with E-state index < -0.39 is 0 Å². The molecule has 1 aliphatic heterocycles. The van der Waals surface area contributed by atoms with E-state index in [9.17, 15) is 4.39 Å². The van der Waals surface area contributed by atoms with Crippen molar-refractivity contribution in [3.05, 3.63) is 34.6 Å². The zero-order chi connectivity index (χ0) is 13.7. The van der Waals surface area contributed by atoms with Crippen LogP contribution in [-0.4, -0.2) is 42.3 Å². The minimum absolute atomic E-state index is 0.107. The Hall–Kier alpha value is -0.680. The molecule has 1 aliphatic rings. The first-order valence-corrected chi connectivity index (χ1v) is 7.07. The first-order valence-electron chi connectivity index (χ1n) is 6.69. The highest BCUT2D eigenvalue weighted by atomic mass is 35.5. The number of halogens is 2. The van der Waals surface area contributed by atoms with E-state index in [2.05, 4.69) is 10.2 Å². The summed E-state index contributed by atoms with van der Waals surface area (Å²) < 4.78 is 13.3. The molecule has 1 saturated heterocycles. The number of nitrogens with one attached hydrogen (secondary N) is 1. The van der Waals surface area contributed by atoms with Gasteiger partial charge >= 0.3 is 0 Å². The molecular formula is C14H20ClFN2O. The van der Waals surface area contributed by atoms with Crippen molar-refractivity contribution in [1.82, 2.24) is 10.2 Å². The fourth-order valence-electron chi connectivity index (χ4n) is 2.56. The lowest BCUT2D eigenvalue weighted by molar-refractivity contribution is 0.179. The number of nitrogens with zero attached hydrogens (tertiary/aromatic N) is 1. The molecule has 1 heterocycles. The van der Waals surface area contributed by atoms with Crippen LogP contribution >= 0.6 is 11.6 Å². The van der Waals surface area contributed by atoms with E-state index in [0.29, 0.717) is 24.2 Å². The Morgan fingerprint density at radius 1 is 1.42 bits per heavy atom. The number of hydrogen-bond acceptors (Lipinski definition) is 3. The van der Waals surface area contributed by atoms with E-state index in [1.54, 1.807) is 6.07 Å². The molecule has 0 aliphatic carbocycles. The fraction of sp³-hybridized carbons (Fsp3) is 0.571. The van der Waals surface area contributed by atoms with Gasteiger partial charge in [0.1, 0.15) is 5.82 Å². The topological polar surface area (TPSA) is 35.5 Å². The Labute approximate surface area is 118 Å². The highest BCUT2D eigenvalue weighted by molar-refractivity contribution is 6.30. The summed E-state index contributed by atoms with van der Waals surface area (Å²) >= 11 is 5.86. The van der Waals surface area contributed by atoms with Crippen LogP contribution in [0.5, 0.6) is 0 Å². The third kappa shape index (κ3) is 4.73. The van der Waals surface area contributed by atoms with Gasteiger partial charge in [-0.15, -0.1) is 0 Å². The van der Waals surface area contributed by atoms with Crippen molar-refractivity contribution in [1.29, 1.82) is 0 Å². The summed E-state index contributed by atoms with van der Waals surface area (Å²) in [6.45, 7) is 3.23. The number of rotatable bonds is 6. The van der Waals surface area contributed by atoms with Crippen molar-refractivity contribution < 1.29 is 9.50 Å². The number of hydrogen-bond donors (Lipinski definition) is 2. The summed E-state index contributed by atoms with van der Waals surface area (Å²) in [4.78, 5) is 2.13. The molecule has 0 saturated carbocycles. The van der Waals surface area contributed by atoms with Gasteiger partial charge in [0.05, 0.1) is 6.61 Å². The maximum Gasteiger partial charge on any atom is 0.125 e. The van der Waals surface area contributed by atoms with E-state index >= 15 is 0 Å². The summed E-state index contributed by atoms with van der Waals surface area (Å²) in [5, 5.41) is 13.0. The summed E-state index contributed by atoms with van der Waals surface area (Å²) in [6, 6.07) is 5.05. The predicted octanol–water partition coefficient (Wildman–Crippen LogP) is 2.03. The molecule has 0 bridgehead atoms. The minimum atomic E-state index is -0.314. The summed E-state index contributed by atoms with van der Waals surface area (Å²) in [7, 11) is 0. The molecule has 0 aromatic heterocycles. The van der Waals surface area contributed by atoms with Gasteiger partial charge in [0.2, 0.25) is 0 Å². The number of aliphatic hydroxyl groups excluding tert-OH is 1. The SMILES string of the molecule is OCCN(Cc1cc(F)cc(Cl)c1)CC1CCCN1. The standard InChI is InChI=1S/C14H20ClFN2O/c15-12-6-11(7-13(16)8-12)9-18(4-5-19)10-14-2-1-3-17-14/h6-8,14,17,19H,1-5,9-10H2. The van der Waals surface area contributed by atoms with Crippen molar-refractivity contribution in [3.63, 3.8) is 0 Å². The molecule has 1 fully saturated rings. The molecular weight excluding hydrogens is 267 g/mol. The smallest absolute Gasteiger partial charge is 0.125 e. The van der Waals surface area contributed by atoms with Gasteiger partial charge in [-0.05, 0) is 43.1 Å². The zero-order valence-corrected chi connectivity index (χ0v) is 11.7. The first kappa shape index (κ1) is 14.7. The van der Waals surface area contributed by atoms with Gasteiger partial charge in [-0.3, -0.25) is 4.90 Å². The lowest BCUT2D eigenvalue weighted by Gasteiger charge is -2.25. The lowest BCUT2D eigenvalue weighted by Crippen LogP contribution is -2.38. The second-order valence-electron chi connectivity index (χ2n) is 5.03. The zero-order valence-electron chi connectivity index (χ0n) is 10.9. The van der Waals surface area contributed by atoms with Gasteiger partial charge in [-0.25, -0.2) is 4.39 Å². The molecule has 1 atom stereocenters. The second kappa shape index (κ2) is 7.20.